The number of fused-ring (bicyclic) bond motifs is 1. The second-order valence-electron chi connectivity index (χ2n) is 9.02. The Morgan fingerprint density at radius 1 is 1.19 bits per heavy atom. The minimum absolute atomic E-state index is 0.0846. The van der Waals surface area contributed by atoms with Crippen LogP contribution in [0.2, 0.25) is 0 Å². The number of carbonyl (C=O) groups is 1. The summed E-state index contributed by atoms with van der Waals surface area (Å²) in [6.07, 6.45) is 1.52. The largest absolute Gasteiger partial charge is 0.337 e. The number of hydrogen-bond donors (Lipinski definition) is 2. The van der Waals surface area contributed by atoms with Crippen LogP contribution in [0.5, 0.6) is 0 Å². The van der Waals surface area contributed by atoms with Crippen LogP contribution in [0.4, 0.5) is 10.5 Å². The number of nitrogens with one attached hydrogen (secondary N) is 2. The molecule has 2 aromatic carbocycles. The van der Waals surface area contributed by atoms with Crippen LogP contribution in [-0.4, -0.2) is 67.4 Å². The lowest BCUT2D eigenvalue weighted by atomic mass is 10.1. The number of aromatic nitrogens is 1. The number of hydrogen-bond acceptors (Lipinski definition) is 5. The van der Waals surface area contributed by atoms with Gasteiger partial charge in [-0.3, -0.25) is 9.88 Å². The molecule has 2 heterocycles. The minimum Gasteiger partial charge on any atom is -0.337 e. The number of pyridine rings is 1. The van der Waals surface area contributed by atoms with Crippen LogP contribution in [0.25, 0.3) is 10.9 Å². The van der Waals surface area contributed by atoms with Gasteiger partial charge in [-0.25, -0.2) is 13.2 Å². The highest BCUT2D eigenvalue weighted by molar-refractivity contribution is 9.10. The van der Waals surface area contributed by atoms with E-state index in [0.717, 1.165) is 46.1 Å². The molecule has 1 atom stereocenters. The maximum atomic E-state index is 13.3. The van der Waals surface area contributed by atoms with Gasteiger partial charge >= 0.3 is 6.03 Å². The van der Waals surface area contributed by atoms with Gasteiger partial charge in [-0.2, -0.15) is 4.31 Å². The Balaban J connectivity index is 1.32. The van der Waals surface area contributed by atoms with E-state index in [0.29, 0.717) is 31.1 Å². The Morgan fingerprint density at radius 3 is 2.69 bits per heavy atom. The number of aryl methyl sites for hydroxylation is 1. The lowest BCUT2D eigenvalue weighted by molar-refractivity contribution is 0.248. The number of amides is 2. The molecule has 4 rings (SSSR count). The highest BCUT2D eigenvalue weighted by Crippen LogP contribution is 2.25. The van der Waals surface area contributed by atoms with Gasteiger partial charge in [0.25, 0.3) is 0 Å². The van der Waals surface area contributed by atoms with Crippen molar-refractivity contribution in [2.24, 2.45) is 0 Å². The number of para-hydroxylation sites is 1. The Bertz CT molecular complexity index is 1320. The molecular formula is C26H32BrN5O3S. The first-order valence-electron chi connectivity index (χ1n) is 12.2. The number of anilines is 1. The third-order valence-electron chi connectivity index (χ3n) is 6.33. The average Bonchev–Trinajstić information content (AvgIpc) is 3.31. The van der Waals surface area contributed by atoms with Crippen LogP contribution in [0.15, 0.2) is 64.0 Å². The van der Waals surface area contributed by atoms with Crippen molar-refractivity contribution in [2.75, 3.05) is 38.0 Å². The summed E-state index contributed by atoms with van der Waals surface area (Å²) in [5.41, 5.74) is 2.40. The smallest absolute Gasteiger partial charge is 0.319 e. The first kappa shape index (κ1) is 26.5. The lowest BCUT2D eigenvalue weighted by Gasteiger charge is -2.28. The van der Waals surface area contributed by atoms with Crippen LogP contribution >= 0.6 is 15.9 Å². The van der Waals surface area contributed by atoms with Crippen molar-refractivity contribution in [1.29, 1.82) is 0 Å². The first-order valence-corrected chi connectivity index (χ1v) is 14.4. The number of halogens is 1. The molecule has 0 radical (unpaired) electrons. The number of sulfonamides is 1. The van der Waals surface area contributed by atoms with Gasteiger partial charge in [0.15, 0.2) is 0 Å². The fourth-order valence-electron chi connectivity index (χ4n) is 4.62. The molecule has 0 aliphatic carbocycles. The van der Waals surface area contributed by atoms with Gasteiger partial charge in [-0.1, -0.05) is 41.1 Å². The molecular weight excluding hydrogens is 542 g/mol. The van der Waals surface area contributed by atoms with Crippen molar-refractivity contribution in [1.82, 2.24) is 19.5 Å². The summed E-state index contributed by atoms with van der Waals surface area (Å²) in [6, 6.07) is 16.0. The predicted octanol–water partition coefficient (Wildman–Crippen LogP) is 4.60. The summed E-state index contributed by atoms with van der Waals surface area (Å²) in [6.45, 7) is 6.93. The van der Waals surface area contributed by atoms with Crippen LogP contribution in [0.3, 0.4) is 0 Å². The number of benzene rings is 2. The Kier molecular flexibility index (Phi) is 8.61. The molecule has 1 aliphatic rings. The molecule has 0 saturated carbocycles. The van der Waals surface area contributed by atoms with E-state index in [1.165, 1.54) is 0 Å². The topological polar surface area (TPSA) is 94.6 Å². The zero-order valence-corrected chi connectivity index (χ0v) is 23.0. The van der Waals surface area contributed by atoms with Crippen molar-refractivity contribution in [3.05, 3.63) is 64.8 Å². The normalized spacial score (nSPS) is 16.5. The minimum atomic E-state index is -3.58. The molecule has 0 bridgehead atoms. The van der Waals surface area contributed by atoms with E-state index in [-0.39, 0.29) is 12.1 Å². The van der Waals surface area contributed by atoms with E-state index in [4.69, 9.17) is 0 Å². The molecule has 2 amide bonds. The fraction of sp³-hybridized carbons (Fsp3) is 0.385. The highest BCUT2D eigenvalue weighted by Gasteiger charge is 2.35. The summed E-state index contributed by atoms with van der Waals surface area (Å²) >= 11 is 3.37. The number of likely N-dealkylation sites (tertiary alicyclic amines) is 1. The van der Waals surface area contributed by atoms with Crippen molar-refractivity contribution >= 4 is 48.6 Å². The van der Waals surface area contributed by atoms with Crippen LogP contribution in [-0.2, 0) is 10.0 Å². The number of rotatable bonds is 9. The SMILES string of the molecule is CCCN(C1CCN(CCNC(=O)Nc2cc(C)nc3ccccc23)C1)S(=O)(=O)c1ccc(Br)cc1. The standard InChI is InChI=1S/C26H32BrN5O3S/c1-3-14-32(36(34,35)22-10-8-20(27)9-11-22)21-12-15-31(18-21)16-13-28-26(33)30-25-17-19(2)29-24-7-5-4-6-23(24)25/h4-11,17,21H,3,12-16,18H2,1-2H3,(H2,28,29,30,33). The second-order valence-corrected chi connectivity index (χ2v) is 11.8. The Labute approximate surface area is 221 Å². The molecule has 192 valence electrons. The molecule has 1 aromatic heterocycles. The first-order chi connectivity index (χ1) is 17.3. The van der Waals surface area contributed by atoms with Crippen molar-refractivity contribution < 1.29 is 13.2 Å². The summed E-state index contributed by atoms with van der Waals surface area (Å²) in [4.78, 5) is 19.6. The molecule has 0 spiro atoms. The summed E-state index contributed by atoms with van der Waals surface area (Å²) < 4.78 is 29.2. The highest BCUT2D eigenvalue weighted by atomic mass is 79.9. The van der Waals surface area contributed by atoms with E-state index < -0.39 is 10.0 Å². The molecule has 3 aromatic rings. The predicted molar refractivity (Wildman–Crippen MR) is 147 cm³/mol. The van der Waals surface area contributed by atoms with Crippen molar-refractivity contribution in [2.45, 2.75) is 37.6 Å². The van der Waals surface area contributed by atoms with Crippen molar-refractivity contribution in [3.8, 4) is 0 Å². The zero-order chi connectivity index (χ0) is 25.7. The molecule has 1 unspecified atom stereocenters. The fourth-order valence-corrected chi connectivity index (χ4v) is 6.62. The summed E-state index contributed by atoms with van der Waals surface area (Å²) in [7, 11) is -3.58. The molecule has 10 heteroatoms. The Hall–Kier alpha value is -2.53. The maximum Gasteiger partial charge on any atom is 0.319 e. The second kappa shape index (κ2) is 11.7. The monoisotopic (exact) mass is 573 g/mol. The van der Waals surface area contributed by atoms with Crippen molar-refractivity contribution in [3.63, 3.8) is 0 Å². The van der Waals surface area contributed by atoms with Gasteiger partial charge < -0.3 is 10.6 Å². The van der Waals surface area contributed by atoms with Crippen LogP contribution in [0, 0.1) is 6.92 Å². The van der Waals surface area contributed by atoms with E-state index in [1.807, 2.05) is 44.2 Å². The average molecular weight is 575 g/mol. The van der Waals surface area contributed by atoms with Crippen LogP contribution in [0.1, 0.15) is 25.5 Å². The van der Waals surface area contributed by atoms with E-state index in [2.05, 4.69) is 36.4 Å². The van der Waals surface area contributed by atoms with E-state index in [1.54, 1.807) is 28.6 Å². The van der Waals surface area contributed by atoms with Gasteiger partial charge in [-0.15, -0.1) is 0 Å². The number of carbonyl (C=O) groups excluding carboxylic acids is 1. The number of nitrogens with zero attached hydrogens (tertiary/aromatic N) is 3. The maximum absolute atomic E-state index is 13.3. The van der Waals surface area contributed by atoms with Gasteiger partial charge in [0.05, 0.1) is 16.1 Å². The summed E-state index contributed by atoms with van der Waals surface area (Å²) in [5.74, 6) is 0. The molecule has 2 N–H and O–H groups in total. The zero-order valence-electron chi connectivity index (χ0n) is 20.6. The Morgan fingerprint density at radius 2 is 1.94 bits per heavy atom. The third kappa shape index (κ3) is 6.23. The molecule has 1 aliphatic heterocycles. The van der Waals surface area contributed by atoms with E-state index >= 15 is 0 Å². The third-order valence-corrected chi connectivity index (χ3v) is 8.82. The van der Waals surface area contributed by atoms with Gasteiger partial charge in [-0.05, 0) is 62.7 Å². The number of urea groups is 1. The molecule has 1 saturated heterocycles. The lowest BCUT2D eigenvalue weighted by Crippen LogP contribution is -2.43. The van der Waals surface area contributed by atoms with Crippen LogP contribution < -0.4 is 10.6 Å². The quantitative estimate of drug-likeness (QED) is 0.390. The van der Waals surface area contributed by atoms with Gasteiger partial charge in [0, 0.05) is 47.8 Å². The molecule has 8 nitrogen and oxygen atoms in total. The van der Waals surface area contributed by atoms with Gasteiger partial charge in [0.1, 0.15) is 0 Å². The van der Waals surface area contributed by atoms with E-state index in [9.17, 15) is 13.2 Å². The summed E-state index contributed by atoms with van der Waals surface area (Å²) in [5, 5.41) is 6.75. The van der Waals surface area contributed by atoms with Gasteiger partial charge in [0.2, 0.25) is 10.0 Å². The molecule has 1 fully saturated rings. The molecule has 36 heavy (non-hydrogen) atoms.